The van der Waals surface area contributed by atoms with Crippen LogP contribution in [0.3, 0.4) is 0 Å². The summed E-state index contributed by atoms with van der Waals surface area (Å²) < 4.78 is 4.63. The Balaban J connectivity index is -0.000000205. The molecule has 0 amide bonds. The molecular formula is C29H60O9. The Kier molecular flexibility index (Phi) is 45.4. The van der Waals surface area contributed by atoms with E-state index in [2.05, 4.69) is 32.4 Å². The normalized spacial score (nSPS) is 9.87. The Morgan fingerprint density at radius 3 is 1.13 bits per heavy atom. The minimum absolute atomic E-state index is 0.0278. The van der Waals surface area contributed by atoms with E-state index >= 15 is 0 Å². The summed E-state index contributed by atoms with van der Waals surface area (Å²) in [6, 6.07) is 0. The molecule has 9 nitrogen and oxygen atoms in total. The molecule has 230 valence electrons. The lowest BCUT2D eigenvalue weighted by molar-refractivity contribution is -0.138. The van der Waals surface area contributed by atoms with Gasteiger partial charge in [-0.2, -0.15) is 0 Å². The molecule has 0 unspecified atom stereocenters. The molecule has 0 saturated carbocycles. The van der Waals surface area contributed by atoms with E-state index in [1.165, 1.54) is 51.4 Å². The number of rotatable bonds is 22. The molecule has 0 radical (unpaired) electrons. The molecule has 0 aromatic rings. The van der Waals surface area contributed by atoms with Crippen LogP contribution in [0.15, 0.2) is 0 Å². The highest BCUT2D eigenvalue weighted by Gasteiger charge is 1.98. The zero-order valence-electron chi connectivity index (χ0n) is 24.8. The standard InChI is InChI=1S/C9H18O2.2C8H16O2.C4H10O3/c1-8(2)6-4-3-5-7-9(10)11;2*1-2-3-4-5-6-7-8(9)10;5-1-3-7-4-2-6/h8H,3-7H2,1-2H3,(H,10,11);2*2-7H2,1H3,(H,9,10);5-6H,1-4H2. The van der Waals surface area contributed by atoms with Crippen LogP contribution in [-0.2, 0) is 19.1 Å². The van der Waals surface area contributed by atoms with Crippen molar-refractivity contribution in [3.05, 3.63) is 0 Å². The third-order valence-electron chi connectivity index (χ3n) is 5.13. The first-order chi connectivity index (χ1) is 18.1. The van der Waals surface area contributed by atoms with Gasteiger partial charge in [-0.05, 0) is 25.2 Å². The van der Waals surface area contributed by atoms with Crippen molar-refractivity contribution in [2.45, 2.75) is 137 Å². The molecule has 0 rings (SSSR count). The van der Waals surface area contributed by atoms with Gasteiger partial charge in [0.1, 0.15) is 0 Å². The molecule has 0 aliphatic carbocycles. The van der Waals surface area contributed by atoms with Gasteiger partial charge in [-0.3, -0.25) is 14.4 Å². The zero-order valence-corrected chi connectivity index (χ0v) is 24.8. The molecule has 0 bridgehead atoms. The van der Waals surface area contributed by atoms with E-state index in [1.807, 2.05) is 0 Å². The van der Waals surface area contributed by atoms with E-state index in [1.54, 1.807) is 0 Å². The number of hydrogen-bond acceptors (Lipinski definition) is 6. The van der Waals surface area contributed by atoms with Crippen LogP contribution in [0, 0.1) is 5.92 Å². The second-order valence-corrected chi connectivity index (χ2v) is 9.56. The van der Waals surface area contributed by atoms with E-state index in [9.17, 15) is 14.4 Å². The van der Waals surface area contributed by atoms with Gasteiger partial charge in [0.05, 0.1) is 26.4 Å². The lowest BCUT2D eigenvalue weighted by atomic mass is 10.0. The van der Waals surface area contributed by atoms with Gasteiger partial charge in [0, 0.05) is 19.3 Å². The Bertz CT molecular complexity index is 455. The van der Waals surface area contributed by atoms with Crippen molar-refractivity contribution in [1.82, 2.24) is 0 Å². The number of carbonyl (C=O) groups is 3. The molecule has 0 aromatic carbocycles. The largest absolute Gasteiger partial charge is 0.481 e. The van der Waals surface area contributed by atoms with Crippen LogP contribution in [0.2, 0.25) is 0 Å². The first kappa shape index (κ1) is 43.3. The first-order valence-electron chi connectivity index (χ1n) is 14.5. The Morgan fingerprint density at radius 2 is 0.868 bits per heavy atom. The highest BCUT2D eigenvalue weighted by atomic mass is 16.5. The number of aliphatic hydroxyl groups excluding tert-OH is 2. The van der Waals surface area contributed by atoms with Crippen molar-refractivity contribution in [3.8, 4) is 0 Å². The Morgan fingerprint density at radius 1 is 0.553 bits per heavy atom. The number of aliphatic carboxylic acids is 3. The van der Waals surface area contributed by atoms with Crippen molar-refractivity contribution in [2.75, 3.05) is 26.4 Å². The van der Waals surface area contributed by atoms with Crippen molar-refractivity contribution in [3.63, 3.8) is 0 Å². The number of unbranched alkanes of at least 4 members (excludes halogenated alkanes) is 10. The van der Waals surface area contributed by atoms with Crippen molar-refractivity contribution < 1.29 is 44.7 Å². The molecule has 9 heteroatoms. The van der Waals surface area contributed by atoms with Gasteiger partial charge in [0.2, 0.25) is 0 Å². The molecule has 0 aromatic heterocycles. The molecule has 0 aliphatic rings. The minimum atomic E-state index is -0.672. The summed E-state index contributed by atoms with van der Waals surface area (Å²) in [5, 5.41) is 41.0. The fourth-order valence-corrected chi connectivity index (χ4v) is 3.00. The predicted molar refractivity (Wildman–Crippen MR) is 153 cm³/mol. The third-order valence-corrected chi connectivity index (χ3v) is 5.13. The van der Waals surface area contributed by atoms with Crippen LogP contribution in [0.4, 0.5) is 0 Å². The van der Waals surface area contributed by atoms with Crippen LogP contribution < -0.4 is 0 Å². The third kappa shape index (κ3) is 64.4. The molecule has 38 heavy (non-hydrogen) atoms. The van der Waals surface area contributed by atoms with Crippen LogP contribution in [0.25, 0.3) is 0 Å². The molecule has 5 N–H and O–H groups in total. The van der Waals surface area contributed by atoms with Gasteiger partial charge in [0.25, 0.3) is 0 Å². The number of hydrogen-bond donors (Lipinski definition) is 5. The smallest absolute Gasteiger partial charge is 0.303 e. The SMILES string of the molecule is CC(C)CCCCCC(=O)O.CCCCCCCC(=O)O.CCCCCCCC(=O)O.OCCOCCO. The summed E-state index contributed by atoms with van der Waals surface area (Å²) in [4.78, 5) is 30.2. The van der Waals surface area contributed by atoms with Crippen molar-refractivity contribution in [2.24, 2.45) is 5.92 Å². The molecular weight excluding hydrogens is 492 g/mol. The highest BCUT2D eigenvalue weighted by Crippen LogP contribution is 2.09. The quantitative estimate of drug-likeness (QED) is 0.0940. The fraction of sp³-hybridized carbons (Fsp3) is 0.897. The lowest BCUT2D eigenvalue weighted by Crippen LogP contribution is -2.03. The topological polar surface area (TPSA) is 162 Å². The van der Waals surface area contributed by atoms with Crippen molar-refractivity contribution in [1.29, 1.82) is 0 Å². The van der Waals surface area contributed by atoms with Gasteiger partial charge in [-0.15, -0.1) is 0 Å². The van der Waals surface area contributed by atoms with E-state index in [4.69, 9.17) is 25.5 Å². The van der Waals surface area contributed by atoms with Gasteiger partial charge < -0.3 is 30.3 Å². The summed E-state index contributed by atoms with van der Waals surface area (Å²) in [6.07, 6.45) is 16.4. The number of carboxylic acids is 3. The number of ether oxygens (including phenoxy) is 1. The summed E-state index contributed by atoms with van der Waals surface area (Å²) in [6.45, 7) is 9.38. The molecule has 0 atom stereocenters. The van der Waals surface area contributed by atoms with E-state index in [0.29, 0.717) is 32.5 Å². The summed E-state index contributed by atoms with van der Waals surface area (Å²) >= 11 is 0. The van der Waals surface area contributed by atoms with E-state index in [0.717, 1.165) is 44.4 Å². The average molecular weight is 553 g/mol. The maximum atomic E-state index is 10.1. The van der Waals surface area contributed by atoms with Crippen LogP contribution in [0.1, 0.15) is 137 Å². The van der Waals surface area contributed by atoms with Gasteiger partial charge in [-0.1, -0.05) is 98.3 Å². The van der Waals surface area contributed by atoms with Crippen LogP contribution >= 0.6 is 0 Å². The maximum absolute atomic E-state index is 10.1. The minimum Gasteiger partial charge on any atom is -0.481 e. The van der Waals surface area contributed by atoms with Crippen molar-refractivity contribution >= 4 is 17.9 Å². The first-order valence-corrected chi connectivity index (χ1v) is 14.5. The molecule has 0 spiro atoms. The fourth-order valence-electron chi connectivity index (χ4n) is 3.00. The molecule has 0 saturated heterocycles. The second kappa shape index (κ2) is 39.8. The molecule has 0 fully saturated rings. The number of aliphatic hydroxyl groups is 2. The average Bonchev–Trinajstić information content (AvgIpc) is 2.84. The predicted octanol–water partition coefficient (Wildman–Crippen LogP) is 6.53. The Labute approximate surface area is 232 Å². The molecule has 0 heterocycles. The van der Waals surface area contributed by atoms with Gasteiger partial charge in [0.15, 0.2) is 0 Å². The second-order valence-electron chi connectivity index (χ2n) is 9.56. The van der Waals surface area contributed by atoms with E-state index < -0.39 is 17.9 Å². The van der Waals surface area contributed by atoms with Crippen LogP contribution in [-0.4, -0.2) is 69.9 Å². The highest BCUT2D eigenvalue weighted by molar-refractivity contribution is 5.67. The number of carboxylic acid groups (broad SMARTS) is 3. The summed E-state index contributed by atoms with van der Waals surface area (Å²) in [5.41, 5.74) is 0. The summed E-state index contributed by atoms with van der Waals surface area (Å²) in [5.74, 6) is -1.26. The molecule has 0 aliphatic heterocycles. The van der Waals surface area contributed by atoms with Gasteiger partial charge in [-0.25, -0.2) is 0 Å². The lowest BCUT2D eigenvalue weighted by Gasteiger charge is -2.02. The Hall–Kier alpha value is -1.71. The van der Waals surface area contributed by atoms with E-state index in [-0.39, 0.29) is 13.2 Å². The monoisotopic (exact) mass is 552 g/mol. The maximum Gasteiger partial charge on any atom is 0.303 e. The zero-order chi connectivity index (χ0) is 29.9. The summed E-state index contributed by atoms with van der Waals surface area (Å²) in [7, 11) is 0. The van der Waals surface area contributed by atoms with Gasteiger partial charge >= 0.3 is 17.9 Å². The van der Waals surface area contributed by atoms with Crippen LogP contribution in [0.5, 0.6) is 0 Å².